The number of nitrogens with zero attached hydrogens (tertiary/aromatic N) is 3. The van der Waals surface area contributed by atoms with Gasteiger partial charge in [-0.15, -0.1) is 0 Å². The second-order valence-corrected chi connectivity index (χ2v) is 8.31. The van der Waals surface area contributed by atoms with E-state index in [2.05, 4.69) is 15.3 Å². The van der Waals surface area contributed by atoms with Crippen molar-refractivity contribution in [3.63, 3.8) is 0 Å². The van der Waals surface area contributed by atoms with Gasteiger partial charge in [-0.3, -0.25) is 9.59 Å². The Morgan fingerprint density at radius 3 is 2.67 bits per heavy atom. The van der Waals surface area contributed by atoms with Crippen molar-refractivity contribution in [2.75, 3.05) is 13.1 Å². The molecule has 160 valence electrons. The molecule has 2 aromatic rings. The second-order valence-electron chi connectivity index (χ2n) is 8.31. The maximum absolute atomic E-state index is 13.0. The average Bonchev–Trinajstić information content (AvgIpc) is 2.72. The average molecular weight is 413 g/mol. The summed E-state index contributed by atoms with van der Waals surface area (Å²) < 4.78 is 13.0. The number of carbonyl (C=O) groups excluding carboxylic acids is 2. The largest absolute Gasteiger partial charge is 0.348 e. The van der Waals surface area contributed by atoms with Gasteiger partial charge in [-0.25, -0.2) is 14.4 Å². The van der Waals surface area contributed by atoms with Crippen LogP contribution < -0.4 is 5.32 Å². The van der Waals surface area contributed by atoms with Crippen LogP contribution in [0.15, 0.2) is 30.5 Å². The van der Waals surface area contributed by atoms with Crippen molar-refractivity contribution in [3.8, 4) is 0 Å². The Morgan fingerprint density at radius 1 is 1.27 bits per heavy atom. The molecule has 0 spiro atoms. The number of benzene rings is 1. The van der Waals surface area contributed by atoms with E-state index >= 15 is 0 Å². The van der Waals surface area contributed by atoms with Crippen LogP contribution >= 0.6 is 0 Å². The Bertz CT molecular complexity index is 899. The normalized spacial score (nSPS) is 16.6. The molecule has 1 saturated heterocycles. The third-order valence-electron chi connectivity index (χ3n) is 5.33. The molecule has 1 aliphatic rings. The maximum atomic E-state index is 13.0. The van der Waals surface area contributed by atoms with Crippen LogP contribution in [0.25, 0.3) is 0 Å². The molecule has 2 amide bonds. The molecule has 1 aromatic carbocycles. The first-order chi connectivity index (χ1) is 14.3. The molecular formula is C23H29FN4O2. The van der Waals surface area contributed by atoms with Crippen LogP contribution in [-0.2, 0) is 11.3 Å². The van der Waals surface area contributed by atoms with Gasteiger partial charge in [0.1, 0.15) is 11.6 Å². The van der Waals surface area contributed by atoms with E-state index < -0.39 is 0 Å². The first-order valence-electron chi connectivity index (χ1n) is 10.5. The molecule has 1 N–H and O–H groups in total. The Labute approximate surface area is 176 Å². The van der Waals surface area contributed by atoms with Crippen LogP contribution in [0.5, 0.6) is 0 Å². The van der Waals surface area contributed by atoms with Gasteiger partial charge in [0.05, 0.1) is 11.3 Å². The molecular weight excluding hydrogens is 383 g/mol. The summed E-state index contributed by atoms with van der Waals surface area (Å²) in [5, 5.41) is 2.82. The van der Waals surface area contributed by atoms with Crippen LogP contribution in [0.3, 0.4) is 0 Å². The van der Waals surface area contributed by atoms with Gasteiger partial charge in [0, 0.05) is 38.2 Å². The van der Waals surface area contributed by atoms with E-state index in [4.69, 9.17) is 0 Å². The van der Waals surface area contributed by atoms with E-state index in [1.165, 1.54) is 12.1 Å². The lowest BCUT2D eigenvalue weighted by atomic mass is 9.96. The zero-order valence-electron chi connectivity index (χ0n) is 17.8. The number of amides is 2. The fraction of sp³-hybridized carbons (Fsp3) is 0.478. The predicted molar refractivity (Wildman–Crippen MR) is 112 cm³/mol. The summed E-state index contributed by atoms with van der Waals surface area (Å²) in [6.45, 7) is 7.60. The quantitative estimate of drug-likeness (QED) is 0.787. The molecule has 1 fully saturated rings. The van der Waals surface area contributed by atoms with Gasteiger partial charge in [-0.05, 0) is 43.4 Å². The van der Waals surface area contributed by atoms with Gasteiger partial charge in [-0.1, -0.05) is 26.0 Å². The first-order valence-corrected chi connectivity index (χ1v) is 10.5. The van der Waals surface area contributed by atoms with Crippen molar-refractivity contribution in [1.82, 2.24) is 20.2 Å². The van der Waals surface area contributed by atoms with Gasteiger partial charge in [0.2, 0.25) is 5.91 Å². The number of aromatic nitrogens is 2. The highest BCUT2D eigenvalue weighted by molar-refractivity contribution is 5.94. The molecule has 1 unspecified atom stereocenters. The number of hydrogen-bond acceptors (Lipinski definition) is 4. The molecule has 1 aromatic heterocycles. The second kappa shape index (κ2) is 9.78. The zero-order valence-corrected chi connectivity index (χ0v) is 17.8. The molecule has 3 rings (SSSR count). The third kappa shape index (κ3) is 5.62. The molecule has 1 atom stereocenters. The van der Waals surface area contributed by atoms with Gasteiger partial charge in [0.25, 0.3) is 5.91 Å². The molecule has 0 radical (unpaired) electrons. The minimum absolute atomic E-state index is 0.0879. The van der Waals surface area contributed by atoms with E-state index in [1.54, 1.807) is 25.3 Å². The summed E-state index contributed by atoms with van der Waals surface area (Å²) in [6, 6.07) is 6.00. The highest BCUT2D eigenvalue weighted by Crippen LogP contribution is 2.26. The first kappa shape index (κ1) is 21.9. The topological polar surface area (TPSA) is 75.2 Å². The number of likely N-dealkylation sites (tertiary alicyclic amines) is 1. The monoisotopic (exact) mass is 412 g/mol. The molecule has 7 heteroatoms. The standard InChI is InChI=1S/C23H29FN4O2/c1-15(2)11-21(29)28-10-4-5-18(14-28)22-25-13-20(16(3)27-22)23(30)26-12-17-6-8-19(24)9-7-17/h6-9,13,15,18H,4-5,10-12,14H2,1-3H3,(H,26,30). The van der Waals surface area contributed by atoms with Crippen molar-refractivity contribution < 1.29 is 14.0 Å². The Hall–Kier alpha value is -2.83. The van der Waals surface area contributed by atoms with Crippen LogP contribution in [0.2, 0.25) is 0 Å². The zero-order chi connectivity index (χ0) is 21.7. The molecule has 6 nitrogen and oxygen atoms in total. The van der Waals surface area contributed by atoms with E-state index in [1.807, 2.05) is 18.7 Å². The Kier molecular flexibility index (Phi) is 7.13. The van der Waals surface area contributed by atoms with E-state index in [9.17, 15) is 14.0 Å². The minimum atomic E-state index is -0.308. The summed E-state index contributed by atoms with van der Waals surface area (Å²) in [4.78, 5) is 35.9. The maximum Gasteiger partial charge on any atom is 0.254 e. The van der Waals surface area contributed by atoms with Crippen molar-refractivity contribution in [2.45, 2.75) is 52.5 Å². The molecule has 1 aliphatic heterocycles. The summed E-state index contributed by atoms with van der Waals surface area (Å²) in [5.41, 5.74) is 1.85. The van der Waals surface area contributed by atoms with E-state index in [0.717, 1.165) is 24.9 Å². The molecule has 2 heterocycles. The molecule has 0 saturated carbocycles. The molecule has 0 bridgehead atoms. The van der Waals surface area contributed by atoms with Crippen LogP contribution in [0.1, 0.15) is 66.5 Å². The fourth-order valence-corrected chi connectivity index (χ4v) is 3.68. The number of halogens is 1. The van der Waals surface area contributed by atoms with Crippen molar-refractivity contribution in [3.05, 3.63) is 58.9 Å². The number of hydrogen-bond donors (Lipinski definition) is 1. The highest BCUT2D eigenvalue weighted by atomic mass is 19.1. The summed E-state index contributed by atoms with van der Waals surface area (Å²) >= 11 is 0. The minimum Gasteiger partial charge on any atom is -0.348 e. The Morgan fingerprint density at radius 2 is 2.00 bits per heavy atom. The predicted octanol–water partition coefficient (Wildman–Crippen LogP) is 3.61. The van der Waals surface area contributed by atoms with Crippen molar-refractivity contribution >= 4 is 11.8 Å². The number of carbonyl (C=O) groups is 2. The lowest BCUT2D eigenvalue weighted by molar-refractivity contribution is -0.133. The van der Waals surface area contributed by atoms with E-state index in [-0.39, 0.29) is 23.5 Å². The molecule has 0 aliphatic carbocycles. The number of nitrogens with one attached hydrogen (secondary N) is 1. The summed E-state index contributed by atoms with van der Waals surface area (Å²) in [6.07, 6.45) is 3.98. The third-order valence-corrected chi connectivity index (χ3v) is 5.33. The van der Waals surface area contributed by atoms with Gasteiger partial charge in [-0.2, -0.15) is 0 Å². The van der Waals surface area contributed by atoms with Crippen LogP contribution in [0.4, 0.5) is 4.39 Å². The van der Waals surface area contributed by atoms with Gasteiger partial charge < -0.3 is 10.2 Å². The number of piperidine rings is 1. The summed E-state index contributed by atoms with van der Waals surface area (Å²) in [7, 11) is 0. The smallest absolute Gasteiger partial charge is 0.254 e. The highest BCUT2D eigenvalue weighted by Gasteiger charge is 2.27. The summed E-state index contributed by atoms with van der Waals surface area (Å²) in [5.74, 6) is 0.722. The van der Waals surface area contributed by atoms with Gasteiger partial charge >= 0.3 is 0 Å². The van der Waals surface area contributed by atoms with Crippen LogP contribution in [0, 0.1) is 18.7 Å². The fourth-order valence-electron chi connectivity index (χ4n) is 3.68. The van der Waals surface area contributed by atoms with E-state index in [0.29, 0.717) is 42.5 Å². The molecule has 30 heavy (non-hydrogen) atoms. The van der Waals surface area contributed by atoms with Gasteiger partial charge in [0.15, 0.2) is 0 Å². The lowest BCUT2D eigenvalue weighted by Gasteiger charge is -2.32. The lowest BCUT2D eigenvalue weighted by Crippen LogP contribution is -2.40. The van der Waals surface area contributed by atoms with Crippen molar-refractivity contribution in [1.29, 1.82) is 0 Å². The number of rotatable bonds is 6. The SMILES string of the molecule is Cc1nc(C2CCCN(C(=O)CC(C)C)C2)ncc1C(=O)NCc1ccc(F)cc1. The Balaban J connectivity index is 1.63. The van der Waals surface area contributed by atoms with Crippen molar-refractivity contribution in [2.24, 2.45) is 5.92 Å². The number of aryl methyl sites for hydroxylation is 1. The van der Waals surface area contributed by atoms with Crippen LogP contribution in [-0.4, -0.2) is 39.8 Å².